The van der Waals surface area contributed by atoms with E-state index in [-0.39, 0.29) is 29.7 Å². The maximum Gasteiger partial charge on any atom is 0.416 e. The summed E-state index contributed by atoms with van der Waals surface area (Å²) in [5, 5.41) is 10.0. The van der Waals surface area contributed by atoms with Gasteiger partial charge < -0.3 is 10.0 Å². The largest absolute Gasteiger partial charge is 0.480 e. The highest BCUT2D eigenvalue weighted by Crippen LogP contribution is 2.40. The fraction of sp³-hybridized carbons (Fsp3) is 0.606. The number of likely N-dealkylation sites (tertiary alicyclic amines) is 2. The third kappa shape index (κ3) is 8.10. The van der Waals surface area contributed by atoms with Gasteiger partial charge in [-0.2, -0.15) is 13.2 Å². The zero-order valence-electron chi connectivity index (χ0n) is 24.1. The molecular weight excluding hydrogens is 551 g/mol. The van der Waals surface area contributed by atoms with Gasteiger partial charge in [-0.05, 0) is 80.3 Å². The molecule has 230 valence electrons. The smallest absolute Gasteiger partial charge is 0.416 e. The number of aryl methyl sites for hydroxylation is 1. The van der Waals surface area contributed by atoms with Crippen molar-refractivity contribution in [3.63, 3.8) is 0 Å². The molecule has 1 aliphatic carbocycles. The fourth-order valence-electron chi connectivity index (χ4n) is 7.01. The van der Waals surface area contributed by atoms with Crippen LogP contribution in [0.1, 0.15) is 66.7 Å². The first-order chi connectivity index (χ1) is 19.9. The Kier molecular flexibility index (Phi) is 9.28. The number of benzene rings is 2. The van der Waals surface area contributed by atoms with Crippen molar-refractivity contribution in [1.82, 2.24) is 9.80 Å². The van der Waals surface area contributed by atoms with Crippen LogP contribution in [-0.4, -0.2) is 65.6 Å². The molecule has 2 aromatic carbocycles. The third-order valence-electron chi connectivity index (χ3n) is 9.45. The number of alkyl halides is 5. The van der Waals surface area contributed by atoms with Gasteiger partial charge in [0.15, 0.2) is 0 Å². The Labute approximate surface area is 244 Å². The molecule has 42 heavy (non-hydrogen) atoms. The topological polar surface area (TPSA) is 43.8 Å². The molecule has 2 aromatic rings. The van der Waals surface area contributed by atoms with Crippen LogP contribution in [-0.2, 0) is 17.4 Å². The summed E-state index contributed by atoms with van der Waals surface area (Å²) in [5.74, 6) is -2.89. The standard InChI is InChI=1S/C33H41F5N2O2/c1-22-3-2-4-26(15-22)29-21-40(30(31(41)42)16-23-5-6-23)20-27(29)19-39-13-11-25(12-14-39)18-32(34,35)17-24-7-9-28(10-8-24)33(36,37)38/h2-4,7-10,15,23,25,27,29-30H,5-6,11-14,16-21H2,1H3,(H,41,42). The minimum atomic E-state index is -4.49. The van der Waals surface area contributed by atoms with Crippen LogP contribution in [0.5, 0.6) is 0 Å². The molecule has 5 rings (SSSR count). The molecule has 2 saturated heterocycles. The first-order valence-corrected chi connectivity index (χ1v) is 15.2. The molecule has 4 nitrogen and oxygen atoms in total. The lowest BCUT2D eigenvalue weighted by atomic mass is 9.85. The lowest BCUT2D eigenvalue weighted by Gasteiger charge is -2.36. The second-order valence-electron chi connectivity index (χ2n) is 12.9. The minimum absolute atomic E-state index is 0.145. The number of carbonyl (C=O) groups is 1. The van der Waals surface area contributed by atoms with Gasteiger partial charge >= 0.3 is 12.1 Å². The van der Waals surface area contributed by atoms with E-state index in [9.17, 15) is 31.9 Å². The highest BCUT2D eigenvalue weighted by molar-refractivity contribution is 5.73. The lowest BCUT2D eigenvalue weighted by molar-refractivity contribution is -0.143. The van der Waals surface area contributed by atoms with Gasteiger partial charge in [0.1, 0.15) is 6.04 Å². The Balaban J connectivity index is 1.17. The highest BCUT2D eigenvalue weighted by Gasteiger charge is 2.42. The van der Waals surface area contributed by atoms with E-state index in [4.69, 9.17) is 0 Å². The predicted octanol–water partition coefficient (Wildman–Crippen LogP) is 7.26. The van der Waals surface area contributed by atoms with Crippen LogP contribution in [0.15, 0.2) is 48.5 Å². The summed E-state index contributed by atoms with van der Waals surface area (Å²) in [6.45, 7) is 5.72. The molecule has 3 fully saturated rings. The SMILES string of the molecule is Cc1cccc(C2CN(C(CC3CC3)C(=O)O)CC2CN2CCC(CC(F)(F)Cc3ccc(C(F)(F)F)cc3)CC2)c1. The Morgan fingerprint density at radius 2 is 1.64 bits per heavy atom. The Hall–Kier alpha value is -2.52. The van der Waals surface area contributed by atoms with E-state index in [0.29, 0.717) is 51.4 Å². The number of aliphatic carboxylic acids is 1. The van der Waals surface area contributed by atoms with Crippen LogP contribution in [0.4, 0.5) is 22.0 Å². The van der Waals surface area contributed by atoms with Crippen molar-refractivity contribution in [2.45, 2.75) is 75.9 Å². The number of hydrogen-bond acceptors (Lipinski definition) is 3. The van der Waals surface area contributed by atoms with Gasteiger partial charge in [-0.1, -0.05) is 54.8 Å². The van der Waals surface area contributed by atoms with E-state index in [1.54, 1.807) is 0 Å². The maximum atomic E-state index is 14.9. The van der Waals surface area contributed by atoms with Crippen LogP contribution < -0.4 is 0 Å². The summed E-state index contributed by atoms with van der Waals surface area (Å²) in [5.41, 5.74) is 1.78. The first-order valence-electron chi connectivity index (χ1n) is 15.2. The van der Waals surface area contributed by atoms with E-state index in [1.807, 2.05) is 0 Å². The third-order valence-corrected chi connectivity index (χ3v) is 9.45. The average molecular weight is 593 g/mol. The van der Waals surface area contributed by atoms with Gasteiger partial charge in [0, 0.05) is 38.4 Å². The van der Waals surface area contributed by atoms with Crippen molar-refractivity contribution in [3.05, 3.63) is 70.8 Å². The summed E-state index contributed by atoms with van der Waals surface area (Å²) in [7, 11) is 0. The van der Waals surface area contributed by atoms with Crippen molar-refractivity contribution in [2.24, 2.45) is 17.8 Å². The van der Waals surface area contributed by atoms with Crippen molar-refractivity contribution >= 4 is 5.97 Å². The second kappa shape index (κ2) is 12.6. The number of hydrogen-bond donors (Lipinski definition) is 1. The van der Waals surface area contributed by atoms with Gasteiger partial charge in [0.05, 0.1) is 5.56 Å². The van der Waals surface area contributed by atoms with Gasteiger partial charge in [-0.15, -0.1) is 0 Å². The Bertz CT molecular complexity index is 1210. The molecule has 0 radical (unpaired) electrons. The van der Waals surface area contributed by atoms with Gasteiger partial charge in [-0.25, -0.2) is 8.78 Å². The van der Waals surface area contributed by atoms with Crippen LogP contribution >= 0.6 is 0 Å². The maximum absolute atomic E-state index is 14.9. The lowest BCUT2D eigenvalue weighted by Crippen LogP contribution is -2.42. The van der Waals surface area contributed by atoms with Gasteiger partial charge in [0.25, 0.3) is 5.92 Å². The minimum Gasteiger partial charge on any atom is -0.480 e. The van der Waals surface area contributed by atoms with Crippen molar-refractivity contribution < 1.29 is 31.9 Å². The Morgan fingerprint density at radius 1 is 0.952 bits per heavy atom. The zero-order chi connectivity index (χ0) is 30.1. The summed E-state index contributed by atoms with van der Waals surface area (Å²) in [4.78, 5) is 16.7. The summed E-state index contributed by atoms with van der Waals surface area (Å²) in [6.07, 6.45) is -1.10. The average Bonchev–Trinajstić information content (AvgIpc) is 3.65. The van der Waals surface area contributed by atoms with Gasteiger partial charge in [0.2, 0.25) is 0 Å². The quantitative estimate of drug-likeness (QED) is 0.279. The molecule has 1 saturated carbocycles. The van der Waals surface area contributed by atoms with E-state index in [1.165, 1.54) is 11.1 Å². The molecule has 0 bridgehead atoms. The molecule has 9 heteroatoms. The molecule has 3 atom stereocenters. The highest BCUT2D eigenvalue weighted by atomic mass is 19.4. The summed E-state index contributed by atoms with van der Waals surface area (Å²) in [6, 6.07) is 12.0. The van der Waals surface area contributed by atoms with Crippen LogP contribution in [0.2, 0.25) is 0 Å². The normalized spacial score (nSPS) is 23.8. The molecule has 0 amide bonds. The molecule has 3 unspecified atom stereocenters. The number of nitrogens with zero attached hydrogens (tertiary/aromatic N) is 2. The monoisotopic (exact) mass is 592 g/mol. The van der Waals surface area contributed by atoms with Crippen LogP contribution in [0, 0.1) is 24.7 Å². The number of carboxylic acid groups (broad SMARTS) is 1. The van der Waals surface area contributed by atoms with Crippen molar-refractivity contribution in [3.8, 4) is 0 Å². The fourth-order valence-corrected chi connectivity index (χ4v) is 7.01. The number of halogens is 5. The molecule has 1 N–H and O–H groups in total. The zero-order valence-corrected chi connectivity index (χ0v) is 24.1. The molecule has 2 heterocycles. The van der Waals surface area contributed by atoms with E-state index in [2.05, 4.69) is 41.0 Å². The van der Waals surface area contributed by atoms with E-state index >= 15 is 0 Å². The van der Waals surface area contributed by atoms with Gasteiger partial charge in [-0.3, -0.25) is 9.69 Å². The molecule has 0 aromatic heterocycles. The molecule has 0 spiro atoms. The number of rotatable bonds is 11. The first kappa shape index (κ1) is 30.9. The Morgan fingerprint density at radius 3 is 2.24 bits per heavy atom. The number of piperidine rings is 1. The predicted molar refractivity (Wildman–Crippen MR) is 152 cm³/mol. The van der Waals surface area contributed by atoms with Crippen molar-refractivity contribution in [1.29, 1.82) is 0 Å². The number of carboxylic acids is 1. The van der Waals surface area contributed by atoms with Crippen LogP contribution in [0.3, 0.4) is 0 Å². The second-order valence-corrected chi connectivity index (χ2v) is 12.9. The molecule has 3 aliphatic rings. The summed E-state index contributed by atoms with van der Waals surface area (Å²) < 4.78 is 68.2. The van der Waals surface area contributed by atoms with E-state index < -0.39 is 36.1 Å². The molecular formula is C33H41F5N2O2. The van der Waals surface area contributed by atoms with Crippen LogP contribution in [0.25, 0.3) is 0 Å². The summed E-state index contributed by atoms with van der Waals surface area (Å²) >= 11 is 0. The molecule has 2 aliphatic heterocycles. The van der Waals surface area contributed by atoms with E-state index in [0.717, 1.165) is 43.7 Å². The van der Waals surface area contributed by atoms with Crippen molar-refractivity contribution in [2.75, 3.05) is 32.7 Å².